The Morgan fingerprint density at radius 2 is 1.69 bits per heavy atom. The van der Waals surface area contributed by atoms with Gasteiger partial charge in [0.05, 0.1) is 0 Å². The molecule has 1 aromatic rings. The molecule has 0 bridgehead atoms. The van der Waals surface area contributed by atoms with Crippen LogP contribution in [0.2, 0.25) is 0 Å². The summed E-state index contributed by atoms with van der Waals surface area (Å²) in [5.41, 5.74) is 0.192. The van der Waals surface area contributed by atoms with Crippen LogP contribution in [0, 0.1) is 0 Å². The highest BCUT2D eigenvalue weighted by molar-refractivity contribution is 6.10. The van der Waals surface area contributed by atoms with Gasteiger partial charge in [-0.2, -0.15) is 0 Å². The van der Waals surface area contributed by atoms with Crippen LogP contribution < -0.4 is 0 Å². The van der Waals surface area contributed by atoms with Crippen LogP contribution in [0.3, 0.4) is 0 Å². The number of carbonyl (C=O) groups is 2. The Labute approximate surface area is 74.4 Å². The molecule has 1 atom stereocenters. The average molecular weight is 180 g/mol. The highest BCUT2D eigenvalue weighted by Crippen LogP contribution is 2.03. The average Bonchev–Trinajstić information content (AvgIpc) is 2.17. The van der Waals surface area contributed by atoms with Gasteiger partial charge in [-0.15, -0.1) is 0 Å². The molecular weight excluding hydrogens is 172 g/mol. The SMILES string of the molecule is O=C(O)[C@@H](O)C(=O)c1ccccc1. The number of rotatable bonds is 3. The Kier molecular flexibility index (Phi) is 2.76. The van der Waals surface area contributed by atoms with Crippen LogP contribution >= 0.6 is 0 Å². The van der Waals surface area contributed by atoms with Gasteiger partial charge in [0, 0.05) is 5.56 Å². The summed E-state index contributed by atoms with van der Waals surface area (Å²) in [4.78, 5) is 21.4. The summed E-state index contributed by atoms with van der Waals surface area (Å²) < 4.78 is 0. The first-order valence-corrected chi connectivity index (χ1v) is 3.63. The summed E-state index contributed by atoms with van der Waals surface area (Å²) in [5.74, 6) is -2.33. The van der Waals surface area contributed by atoms with Crippen molar-refractivity contribution in [2.45, 2.75) is 6.10 Å². The second kappa shape index (κ2) is 3.82. The molecule has 0 radical (unpaired) electrons. The number of aliphatic carboxylic acids is 1. The van der Waals surface area contributed by atoms with Gasteiger partial charge in [0.1, 0.15) is 0 Å². The number of hydrogen-bond acceptors (Lipinski definition) is 3. The predicted octanol–water partition coefficient (Wildman–Crippen LogP) is 0.315. The number of benzene rings is 1. The smallest absolute Gasteiger partial charge is 0.340 e. The first kappa shape index (κ1) is 9.41. The summed E-state index contributed by atoms with van der Waals surface area (Å²) in [6.45, 7) is 0. The van der Waals surface area contributed by atoms with E-state index in [4.69, 9.17) is 10.2 Å². The van der Waals surface area contributed by atoms with Gasteiger partial charge in [0.15, 0.2) is 0 Å². The minimum Gasteiger partial charge on any atom is -0.479 e. The maximum absolute atomic E-state index is 11.2. The van der Waals surface area contributed by atoms with Crippen LogP contribution in [0.15, 0.2) is 30.3 Å². The van der Waals surface area contributed by atoms with Crippen LogP contribution in [-0.4, -0.2) is 28.1 Å². The minimum atomic E-state index is -1.97. The molecule has 0 spiro atoms. The summed E-state index contributed by atoms with van der Waals surface area (Å²) in [6.07, 6.45) is -1.97. The van der Waals surface area contributed by atoms with Crippen LogP contribution in [-0.2, 0) is 4.79 Å². The standard InChI is InChI=1S/C9H8O4/c10-7(8(11)9(12)13)6-4-2-1-3-5-6/h1-5,8,11H,(H,12,13)/t8-/m0/s1. The molecule has 0 aromatic heterocycles. The van der Waals surface area contributed by atoms with Crippen molar-refractivity contribution in [3.05, 3.63) is 35.9 Å². The Balaban J connectivity index is 2.86. The fourth-order valence-electron chi connectivity index (χ4n) is 0.872. The summed E-state index contributed by atoms with van der Waals surface area (Å²) in [7, 11) is 0. The molecule has 0 aliphatic rings. The van der Waals surface area contributed by atoms with Gasteiger partial charge in [-0.3, -0.25) is 4.79 Å². The predicted molar refractivity (Wildman–Crippen MR) is 44.4 cm³/mol. The number of carboxylic acid groups (broad SMARTS) is 1. The van der Waals surface area contributed by atoms with Crippen LogP contribution in [0.4, 0.5) is 0 Å². The third-order valence-electron chi connectivity index (χ3n) is 1.54. The topological polar surface area (TPSA) is 74.6 Å². The first-order valence-electron chi connectivity index (χ1n) is 3.63. The van der Waals surface area contributed by atoms with E-state index in [1.165, 1.54) is 12.1 Å². The van der Waals surface area contributed by atoms with Crippen LogP contribution in [0.5, 0.6) is 0 Å². The fraction of sp³-hybridized carbons (Fsp3) is 0.111. The van der Waals surface area contributed by atoms with E-state index in [0.717, 1.165) is 0 Å². The number of Topliss-reactive ketones (excluding diaryl/α,β-unsaturated/α-hetero) is 1. The molecule has 0 unspecified atom stereocenters. The molecule has 4 nitrogen and oxygen atoms in total. The number of carbonyl (C=O) groups excluding carboxylic acids is 1. The van der Waals surface area contributed by atoms with Crippen molar-refractivity contribution < 1.29 is 19.8 Å². The van der Waals surface area contributed by atoms with Gasteiger partial charge in [-0.1, -0.05) is 30.3 Å². The summed E-state index contributed by atoms with van der Waals surface area (Å²) in [6, 6.07) is 7.80. The van der Waals surface area contributed by atoms with E-state index in [1.54, 1.807) is 18.2 Å². The Morgan fingerprint density at radius 1 is 1.15 bits per heavy atom. The van der Waals surface area contributed by atoms with Crippen molar-refractivity contribution in [1.29, 1.82) is 0 Å². The zero-order chi connectivity index (χ0) is 9.84. The molecule has 4 heteroatoms. The normalized spacial score (nSPS) is 12.1. The van der Waals surface area contributed by atoms with E-state index in [1.807, 2.05) is 0 Å². The van der Waals surface area contributed by atoms with Crippen LogP contribution in [0.1, 0.15) is 10.4 Å². The number of carboxylic acids is 1. The van der Waals surface area contributed by atoms with Gasteiger partial charge < -0.3 is 10.2 Å². The molecule has 0 amide bonds. The Bertz CT molecular complexity index is 318. The van der Waals surface area contributed by atoms with Gasteiger partial charge in [0.25, 0.3) is 0 Å². The molecule has 0 aliphatic carbocycles. The van der Waals surface area contributed by atoms with Crippen molar-refractivity contribution in [2.75, 3.05) is 0 Å². The van der Waals surface area contributed by atoms with Crippen molar-refractivity contribution in [2.24, 2.45) is 0 Å². The molecule has 68 valence electrons. The lowest BCUT2D eigenvalue weighted by atomic mass is 10.1. The van der Waals surface area contributed by atoms with E-state index in [-0.39, 0.29) is 5.56 Å². The molecule has 1 rings (SSSR count). The number of aliphatic hydroxyl groups excluding tert-OH is 1. The zero-order valence-electron chi connectivity index (χ0n) is 6.68. The Morgan fingerprint density at radius 3 is 2.15 bits per heavy atom. The molecule has 13 heavy (non-hydrogen) atoms. The van der Waals surface area contributed by atoms with Crippen molar-refractivity contribution in [3.8, 4) is 0 Å². The lowest BCUT2D eigenvalue weighted by Crippen LogP contribution is -2.29. The lowest BCUT2D eigenvalue weighted by molar-refractivity contribution is -0.143. The molecule has 0 heterocycles. The van der Waals surface area contributed by atoms with Gasteiger partial charge >= 0.3 is 5.97 Å². The van der Waals surface area contributed by atoms with Crippen molar-refractivity contribution in [1.82, 2.24) is 0 Å². The van der Waals surface area contributed by atoms with E-state index in [2.05, 4.69) is 0 Å². The molecule has 1 aromatic carbocycles. The molecule has 2 N–H and O–H groups in total. The third kappa shape index (κ3) is 2.13. The summed E-state index contributed by atoms with van der Waals surface area (Å²) in [5, 5.41) is 17.2. The van der Waals surface area contributed by atoms with Crippen LogP contribution in [0.25, 0.3) is 0 Å². The molecular formula is C9H8O4. The molecule has 0 saturated heterocycles. The highest BCUT2D eigenvalue weighted by atomic mass is 16.4. The molecule has 0 aliphatic heterocycles. The maximum atomic E-state index is 11.2. The summed E-state index contributed by atoms with van der Waals surface area (Å²) >= 11 is 0. The number of aliphatic hydroxyl groups is 1. The molecule has 0 fully saturated rings. The van der Waals surface area contributed by atoms with E-state index in [9.17, 15) is 9.59 Å². The van der Waals surface area contributed by atoms with E-state index in [0.29, 0.717) is 0 Å². The highest BCUT2D eigenvalue weighted by Gasteiger charge is 2.23. The van der Waals surface area contributed by atoms with Crippen molar-refractivity contribution >= 4 is 11.8 Å². The quantitative estimate of drug-likeness (QED) is 0.518. The van der Waals surface area contributed by atoms with Gasteiger partial charge in [-0.25, -0.2) is 4.79 Å². The second-order valence-electron chi connectivity index (χ2n) is 2.47. The third-order valence-corrected chi connectivity index (χ3v) is 1.54. The van der Waals surface area contributed by atoms with E-state index >= 15 is 0 Å². The zero-order valence-corrected chi connectivity index (χ0v) is 6.68. The lowest BCUT2D eigenvalue weighted by Gasteiger charge is -2.03. The largest absolute Gasteiger partial charge is 0.479 e. The van der Waals surface area contributed by atoms with Crippen molar-refractivity contribution in [3.63, 3.8) is 0 Å². The Hall–Kier alpha value is -1.68. The number of hydrogen-bond donors (Lipinski definition) is 2. The second-order valence-corrected chi connectivity index (χ2v) is 2.47. The van der Waals surface area contributed by atoms with Gasteiger partial charge in [-0.05, 0) is 0 Å². The maximum Gasteiger partial charge on any atom is 0.340 e. The molecule has 0 saturated carbocycles. The first-order chi connectivity index (χ1) is 6.13. The van der Waals surface area contributed by atoms with E-state index < -0.39 is 17.9 Å². The minimum absolute atomic E-state index is 0.192. The monoisotopic (exact) mass is 180 g/mol. The number of ketones is 1. The fourth-order valence-corrected chi connectivity index (χ4v) is 0.872. The van der Waals surface area contributed by atoms with Gasteiger partial charge in [0.2, 0.25) is 11.9 Å².